The van der Waals surface area contributed by atoms with Crippen molar-refractivity contribution < 1.29 is 4.79 Å². The number of hydrogen-bond donors (Lipinski definition) is 0. The summed E-state index contributed by atoms with van der Waals surface area (Å²) in [5, 5.41) is 0. The molecule has 0 aliphatic carbocycles. The van der Waals surface area contributed by atoms with Gasteiger partial charge < -0.3 is 9.80 Å². The molecule has 1 aliphatic rings. The molecule has 1 aromatic heterocycles. The van der Waals surface area contributed by atoms with Gasteiger partial charge in [-0.1, -0.05) is 6.92 Å². The minimum Gasteiger partial charge on any atom is -0.340 e. The zero-order chi connectivity index (χ0) is 12.8. The summed E-state index contributed by atoms with van der Waals surface area (Å²) in [5.41, 5.74) is 1.19. The first-order valence-corrected chi connectivity index (χ1v) is 6.68. The number of carbonyl (C=O) groups is 1. The van der Waals surface area contributed by atoms with E-state index in [1.807, 2.05) is 17.0 Å². The number of amides is 1. The van der Waals surface area contributed by atoms with Crippen molar-refractivity contribution in [2.24, 2.45) is 0 Å². The Kier molecular flexibility index (Phi) is 4.70. The molecular weight excluding hydrogens is 226 g/mol. The van der Waals surface area contributed by atoms with E-state index in [2.05, 4.69) is 16.8 Å². The Hall–Kier alpha value is -1.42. The molecule has 0 aromatic carbocycles. The normalized spacial score (nSPS) is 16.8. The highest BCUT2D eigenvalue weighted by Gasteiger charge is 2.19. The lowest BCUT2D eigenvalue weighted by atomic mass is 10.1. The number of nitrogens with zero attached hydrogens (tertiary/aromatic N) is 3. The molecule has 4 heteroatoms. The molecule has 1 aliphatic heterocycles. The number of piperazine rings is 1. The fourth-order valence-electron chi connectivity index (χ4n) is 2.27. The highest BCUT2D eigenvalue weighted by atomic mass is 16.2. The molecule has 98 valence electrons. The standard InChI is InChI=1S/C14H21N3O/c1-2-16-9-11-17(12-10-16)14(18)4-3-13-5-7-15-8-6-13/h5-8H,2-4,9-12H2,1H3. The molecule has 1 fully saturated rings. The predicted molar refractivity (Wildman–Crippen MR) is 71.3 cm³/mol. The van der Waals surface area contributed by atoms with E-state index >= 15 is 0 Å². The smallest absolute Gasteiger partial charge is 0.222 e. The van der Waals surface area contributed by atoms with Gasteiger partial charge in [-0.05, 0) is 30.7 Å². The molecule has 0 radical (unpaired) electrons. The van der Waals surface area contributed by atoms with Gasteiger partial charge >= 0.3 is 0 Å². The maximum absolute atomic E-state index is 12.1. The minimum atomic E-state index is 0.280. The molecule has 2 rings (SSSR count). The van der Waals surface area contributed by atoms with Crippen LogP contribution in [0, 0.1) is 0 Å². The summed E-state index contributed by atoms with van der Waals surface area (Å²) in [5.74, 6) is 0.280. The van der Waals surface area contributed by atoms with Gasteiger partial charge in [0, 0.05) is 45.0 Å². The summed E-state index contributed by atoms with van der Waals surface area (Å²) in [7, 11) is 0. The molecule has 0 bridgehead atoms. The second-order valence-electron chi connectivity index (χ2n) is 4.67. The first-order valence-electron chi connectivity index (χ1n) is 6.68. The average molecular weight is 247 g/mol. The van der Waals surface area contributed by atoms with Gasteiger partial charge in [-0.25, -0.2) is 0 Å². The van der Waals surface area contributed by atoms with Gasteiger partial charge in [0.15, 0.2) is 0 Å². The van der Waals surface area contributed by atoms with Crippen LogP contribution < -0.4 is 0 Å². The number of rotatable bonds is 4. The Morgan fingerprint density at radius 1 is 1.22 bits per heavy atom. The predicted octanol–water partition coefficient (Wildman–Crippen LogP) is 1.18. The van der Waals surface area contributed by atoms with Gasteiger partial charge in [-0.15, -0.1) is 0 Å². The van der Waals surface area contributed by atoms with Crippen molar-refractivity contribution in [3.63, 3.8) is 0 Å². The van der Waals surface area contributed by atoms with E-state index in [0.717, 1.165) is 39.1 Å². The van der Waals surface area contributed by atoms with E-state index in [1.54, 1.807) is 12.4 Å². The van der Waals surface area contributed by atoms with Gasteiger partial charge in [0.2, 0.25) is 5.91 Å². The molecule has 18 heavy (non-hydrogen) atoms. The van der Waals surface area contributed by atoms with Crippen molar-refractivity contribution >= 4 is 5.91 Å². The summed E-state index contributed by atoms with van der Waals surface area (Å²) in [6.07, 6.45) is 4.98. The third-order valence-corrected chi connectivity index (χ3v) is 3.55. The quantitative estimate of drug-likeness (QED) is 0.801. The van der Waals surface area contributed by atoms with Crippen LogP contribution in [0.25, 0.3) is 0 Å². The largest absolute Gasteiger partial charge is 0.340 e. The lowest BCUT2D eigenvalue weighted by Crippen LogP contribution is -2.48. The lowest BCUT2D eigenvalue weighted by molar-refractivity contribution is -0.132. The van der Waals surface area contributed by atoms with Gasteiger partial charge in [-0.3, -0.25) is 9.78 Å². The molecule has 0 saturated carbocycles. The summed E-state index contributed by atoms with van der Waals surface area (Å²) < 4.78 is 0. The summed E-state index contributed by atoms with van der Waals surface area (Å²) in [4.78, 5) is 20.4. The fraction of sp³-hybridized carbons (Fsp3) is 0.571. The molecule has 0 spiro atoms. The van der Waals surface area contributed by atoms with E-state index in [9.17, 15) is 4.79 Å². The zero-order valence-electron chi connectivity index (χ0n) is 11.0. The van der Waals surface area contributed by atoms with Gasteiger partial charge in [0.25, 0.3) is 0 Å². The van der Waals surface area contributed by atoms with Crippen LogP contribution in [0.3, 0.4) is 0 Å². The van der Waals surface area contributed by atoms with Gasteiger partial charge in [-0.2, -0.15) is 0 Å². The van der Waals surface area contributed by atoms with Crippen LogP contribution in [0.2, 0.25) is 0 Å². The molecular formula is C14H21N3O. The number of carbonyl (C=O) groups excluding carboxylic acids is 1. The molecule has 1 saturated heterocycles. The van der Waals surface area contributed by atoms with Crippen molar-refractivity contribution in [2.45, 2.75) is 19.8 Å². The van der Waals surface area contributed by atoms with Gasteiger partial charge in [0.05, 0.1) is 0 Å². The van der Waals surface area contributed by atoms with Crippen LogP contribution in [-0.4, -0.2) is 53.4 Å². The summed E-state index contributed by atoms with van der Waals surface area (Å²) >= 11 is 0. The Labute approximate surface area is 109 Å². The fourth-order valence-corrected chi connectivity index (χ4v) is 2.27. The molecule has 4 nitrogen and oxygen atoms in total. The highest BCUT2D eigenvalue weighted by molar-refractivity contribution is 5.76. The van der Waals surface area contributed by atoms with Crippen LogP contribution in [0.5, 0.6) is 0 Å². The Morgan fingerprint density at radius 2 is 1.89 bits per heavy atom. The Balaban J connectivity index is 1.75. The van der Waals surface area contributed by atoms with Crippen molar-refractivity contribution in [3.8, 4) is 0 Å². The first kappa shape index (κ1) is 13.0. The second-order valence-corrected chi connectivity index (χ2v) is 4.67. The number of aromatic nitrogens is 1. The third-order valence-electron chi connectivity index (χ3n) is 3.55. The third kappa shape index (κ3) is 3.53. The van der Waals surface area contributed by atoms with E-state index in [-0.39, 0.29) is 5.91 Å². The molecule has 2 heterocycles. The van der Waals surface area contributed by atoms with E-state index in [4.69, 9.17) is 0 Å². The maximum Gasteiger partial charge on any atom is 0.222 e. The van der Waals surface area contributed by atoms with Crippen LogP contribution in [0.1, 0.15) is 18.9 Å². The number of likely N-dealkylation sites (N-methyl/N-ethyl adjacent to an activating group) is 1. The van der Waals surface area contributed by atoms with Crippen LogP contribution in [0.15, 0.2) is 24.5 Å². The first-order chi connectivity index (χ1) is 8.79. The number of aryl methyl sites for hydroxylation is 1. The molecule has 0 N–H and O–H groups in total. The molecule has 0 atom stereocenters. The second kappa shape index (κ2) is 6.50. The zero-order valence-corrected chi connectivity index (χ0v) is 11.0. The van der Waals surface area contributed by atoms with Gasteiger partial charge in [0.1, 0.15) is 0 Å². The Morgan fingerprint density at radius 3 is 2.50 bits per heavy atom. The highest BCUT2D eigenvalue weighted by Crippen LogP contribution is 2.07. The molecule has 0 unspecified atom stereocenters. The maximum atomic E-state index is 12.1. The van der Waals surface area contributed by atoms with Crippen molar-refractivity contribution in [1.82, 2.24) is 14.8 Å². The van der Waals surface area contributed by atoms with E-state index < -0.39 is 0 Å². The average Bonchev–Trinajstić information content (AvgIpc) is 2.46. The minimum absolute atomic E-state index is 0.280. The summed E-state index contributed by atoms with van der Waals surface area (Å²) in [6, 6.07) is 3.95. The molecule has 1 amide bonds. The Bertz CT molecular complexity index is 372. The number of hydrogen-bond acceptors (Lipinski definition) is 3. The molecule has 1 aromatic rings. The van der Waals surface area contributed by atoms with Crippen molar-refractivity contribution in [2.75, 3.05) is 32.7 Å². The number of pyridine rings is 1. The van der Waals surface area contributed by atoms with Crippen LogP contribution in [-0.2, 0) is 11.2 Å². The lowest BCUT2D eigenvalue weighted by Gasteiger charge is -2.34. The topological polar surface area (TPSA) is 36.4 Å². The van der Waals surface area contributed by atoms with Crippen molar-refractivity contribution in [3.05, 3.63) is 30.1 Å². The van der Waals surface area contributed by atoms with E-state index in [1.165, 1.54) is 5.56 Å². The van der Waals surface area contributed by atoms with E-state index in [0.29, 0.717) is 6.42 Å². The SMILES string of the molecule is CCN1CCN(C(=O)CCc2ccncc2)CC1. The van der Waals surface area contributed by atoms with Crippen LogP contribution in [0.4, 0.5) is 0 Å². The van der Waals surface area contributed by atoms with Crippen LogP contribution >= 0.6 is 0 Å². The van der Waals surface area contributed by atoms with Crippen molar-refractivity contribution in [1.29, 1.82) is 0 Å². The summed E-state index contributed by atoms with van der Waals surface area (Å²) in [6.45, 7) is 7.03. The monoisotopic (exact) mass is 247 g/mol.